The highest BCUT2D eigenvalue weighted by Gasteiger charge is 2.09. The van der Waals surface area contributed by atoms with Gasteiger partial charge in [-0.1, -0.05) is 42.5 Å². The summed E-state index contributed by atoms with van der Waals surface area (Å²) in [7, 11) is 1.69. The number of ether oxygens (including phenoxy) is 1. The number of methoxy groups -OCH3 is 1. The van der Waals surface area contributed by atoms with Crippen LogP contribution < -0.4 is 4.74 Å². The van der Waals surface area contributed by atoms with E-state index in [9.17, 15) is 0 Å². The maximum Gasteiger partial charge on any atom is 0.137 e. The van der Waals surface area contributed by atoms with Gasteiger partial charge in [0.1, 0.15) is 18.4 Å². The zero-order valence-electron chi connectivity index (χ0n) is 11.2. The van der Waals surface area contributed by atoms with E-state index >= 15 is 0 Å². The summed E-state index contributed by atoms with van der Waals surface area (Å²) in [5, 5.41) is 4.16. The molecule has 0 bridgehead atoms. The summed E-state index contributed by atoms with van der Waals surface area (Å²) in [6.45, 7) is 0.689. The van der Waals surface area contributed by atoms with Gasteiger partial charge in [-0.25, -0.2) is 9.67 Å². The van der Waals surface area contributed by atoms with Crippen LogP contribution in [-0.2, 0) is 6.54 Å². The van der Waals surface area contributed by atoms with E-state index in [1.165, 1.54) is 5.56 Å². The summed E-state index contributed by atoms with van der Waals surface area (Å²) >= 11 is 0. The first-order valence-electron chi connectivity index (χ1n) is 6.42. The van der Waals surface area contributed by atoms with Crippen molar-refractivity contribution in [3.63, 3.8) is 0 Å². The van der Waals surface area contributed by atoms with Gasteiger partial charge in [-0.15, -0.1) is 0 Å². The van der Waals surface area contributed by atoms with E-state index in [-0.39, 0.29) is 0 Å². The maximum absolute atomic E-state index is 5.46. The number of aromatic nitrogens is 3. The summed E-state index contributed by atoms with van der Waals surface area (Å²) in [6.07, 6.45) is 3.27. The minimum Gasteiger partial charge on any atom is -0.496 e. The lowest BCUT2D eigenvalue weighted by molar-refractivity contribution is 0.416. The van der Waals surface area contributed by atoms with Gasteiger partial charge in [-0.3, -0.25) is 0 Å². The molecule has 0 saturated carbocycles. The van der Waals surface area contributed by atoms with Crippen molar-refractivity contribution in [2.75, 3.05) is 7.11 Å². The molecule has 100 valence electrons. The average Bonchev–Trinajstić information content (AvgIpc) is 3.01. The Morgan fingerprint density at radius 1 is 1.00 bits per heavy atom. The zero-order valence-corrected chi connectivity index (χ0v) is 11.2. The van der Waals surface area contributed by atoms with Crippen molar-refractivity contribution in [1.82, 2.24) is 14.8 Å². The Morgan fingerprint density at radius 3 is 2.50 bits per heavy atom. The molecule has 2 aromatic carbocycles. The van der Waals surface area contributed by atoms with Crippen LogP contribution in [0.5, 0.6) is 5.75 Å². The fourth-order valence-electron chi connectivity index (χ4n) is 2.28. The molecular formula is C16H15N3O. The van der Waals surface area contributed by atoms with Gasteiger partial charge in [-0.2, -0.15) is 5.10 Å². The quantitative estimate of drug-likeness (QED) is 0.728. The number of rotatable bonds is 4. The van der Waals surface area contributed by atoms with Crippen molar-refractivity contribution >= 4 is 0 Å². The Balaban J connectivity index is 2.05. The summed E-state index contributed by atoms with van der Waals surface area (Å²) in [5.41, 5.74) is 3.42. The first-order chi connectivity index (χ1) is 9.88. The Kier molecular flexibility index (Phi) is 3.46. The van der Waals surface area contributed by atoms with Gasteiger partial charge in [-0.05, 0) is 17.2 Å². The minimum atomic E-state index is 0.689. The van der Waals surface area contributed by atoms with E-state index in [2.05, 4.69) is 28.3 Å². The summed E-state index contributed by atoms with van der Waals surface area (Å²) in [6, 6.07) is 16.3. The van der Waals surface area contributed by atoms with Gasteiger partial charge in [0.2, 0.25) is 0 Å². The predicted molar refractivity (Wildman–Crippen MR) is 77.6 cm³/mol. The van der Waals surface area contributed by atoms with Crippen LogP contribution in [0.3, 0.4) is 0 Å². The molecule has 0 aliphatic rings. The highest BCUT2D eigenvalue weighted by atomic mass is 16.5. The van der Waals surface area contributed by atoms with Crippen LogP contribution in [0.4, 0.5) is 0 Å². The largest absolute Gasteiger partial charge is 0.496 e. The summed E-state index contributed by atoms with van der Waals surface area (Å²) in [4.78, 5) is 3.98. The summed E-state index contributed by atoms with van der Waals surface area (Å²) in [5.74, 6) is 0.874. The number of benzene rings is 2. The smallest absolute Gasteiger partial charge is 0.137 e. The summed E-state index contributed by atoms with van der Waals surface area (Å²) < 4.78 is 7.27. The standard InChI is InChI=1S/C16H15N3O/c1-20-16-9-5-4-8-15(16)14-7-3-2-6-13(14)10-19-12-17-11-18-19/h2-9,11-12H,10H2,1H3. The first-order valence-corrected chi connectivity index (χ1v) is 6.42. The van der Waals surface area contributed by atoms with Crippen molar-refractivity contribution in [3.8, 4) is 16.9 Å². The second-order valence-electron chi connectivity index (χ2n) is 4.45. The molecule has 4 nitrogen and oxygen atoms in total. The van der Waals surface area contributed by atoms with E-state index in [1.807, 2.05) is 35.0 Å². The lowest BCUT2D eigenvalue weighted by atomic mass is 9.99. The molecule has 0 spiro atoms. The molecular weight excluding hydrogens is 250 g/mol. The molecule has 3 rings (SSSR count). The molecule has 0 saturated heterocycles. The van der Waals surface area contributed by atoms with Gasteiger partial charge < -0.3 is 4.74 Å². The Hall–Kier alpha value is -2.62. The third kappa shape index (κ3) is 2.40. The van der Waals surface area contributed by atoms with Gasteiger partial charge >= 0.3 is 0 Å². The molecule has 0 amide bonds. The SMILES string of the molecule is COc1ccccc1-c1ccccc1Cn1cncn1. The van der Waals surface area contributed by atoms with Crippen molar-refractivity contribution in [1.29, 1.82) is 0 Å². The molecule has 1 aromatic heterocycles. The Labute approximate surface area is 117 Å². The highest BCUT2D eigenvalue weighted by molar-refractivity contribution is 5.73. The average molecular weight is 265 g/mol. The fraction of sp³-hybridized carbons (Fsp3) is 0.125. The Bertz CT molecular complexity index is 692. The van der Waals surface area contributed by atoms with Gasteiger partial charge in [0, 0.05) is 5.56 Å². The monoisotopic (exact) mass is 265 g/mol. The number of para-hydroxylation sites is 1. The van der Waals surface area contributed by atoms with Crippen LogP contribution in [0.1, 0.15) is 5.56 Å². The van der Waals surface area contributed by atoms with Gasteiger partial charge in [0.05, 0.1) is 13.7 Å². The number of nitrogens with zero attached hydrogens (tertiary/aromatic N) is 3. The normalized spacial score (nSPS) is 10.4. The fourth-order valence-corrected chi connectivity index (χ4v) is 2.28. The van der Waals surface area contributed by atoms with Crippen LogP contribution in [0.2, 0.25) is 0 Å². The third-order valence-corrected chi connectivity index (χ3v) is 3.21. The first kappa shape index (κ1) is 12.4. The molecule has 4 heteroatoms. The number of hydrogen-bond donors (Lipinski definition) is 0. The zero-order chi connectivity index (χ0) is 13.8. The lowest BCUT2D eigenvalue weighted by Crippen LogP contribution is -2.02. The molecule has 0 N–H and O–H groups in total. The molecule has 0 aliphatic heterocycles. The van der Waals surface area contributed by atoms with E-state index < -0.39 is 0 Å². The van der Waals surface area contributed by atoms with Crippen molar-refractivity contribution < 1.29 is 4.74 Å². The number of hydrogen-bond acceptors (Lipinski definition) is 3. The van der Waals surface area contributed by atoms with E-state index in [0.717, 1.165) is 16.9 Å². The molecule has 0 unspecified atom stereocenters. The molecule has 1 heterocycles. The second-order valence-corrected chi connectivity index (χ2v) is 4.45. The molecule has 20 heavy (non-hydrogen) atoms. The van der Waals surface area contributed by atoms with Crippen LogP contribution in [0.25, 0.3) is 11.1 Å². The minimum absolute atomic E-state index is 0.689. The molecule has 0 fully saturated rings. The molecule has 0 aliphatic carbocycles. The second kappa shape index (κ2) is 5.57. The van der Waals surface area contributed by atoms with Gasteiger partial charge in [0.25, 0.3) is 0 Å². The van der Waals surface area contributed by atoms with Crippen molar-refractivity contribution in [3.05, 3.63) is 66.7 Å². The van der Waals surface area contributed by atoms with E-state index in [0.29, 0.717) is 6.54 Å². The van der Waals surface area contributed by atoms with Crippen LogP contribution in [0.15, 0.2) is 61.2 Å². The van der Waals surface area contributed by atoms with Crippen molar-refractivity contribution in [2.45, 2.75) is 6.54 Å². The third-order valence-electron chi connectivity index (χ3n) is 3.21. The van der Waals surface area contributed by atoms with Gasteiger partial charge in [0.15, 0.2) is 0 Å². The Morgan fingerprint density at radius 2 is 1.75 bits per heavy atom. The molecule has 0 atom stereocenters. The predicted octanol–water partition coefficient (Wildman–Crippen LogP) is 3.00. The molecule has 3 aromatic rings. The lowest BCUT2D eigenvalue weighted by Gasteiger charge is -2.13. The van der Waals surface area contributed by atoms with E-state index in [4.69, 9.17) is 4.74 Å². The topological polar surface area (TPSA) is 39.9 Å². The van der Waals surface area contributed by atoms with Crippen LogP contribution >= 0.6 is 0 Å². The van der Waals surface area contributed by atoms with Crippen molar-refractivity contribution in [2.24, 2.45) is 0 Å². The van der Waals surface area contributed by atoms with Crippen LogP contribution in [-0.4, -0.2) is 21.9 Å². The highest BCUT2D eigenvalue weighted by Crippen LogP contribution is 2.32. The maximum atomic E-state index is 5.46. The van der Waals surface area contributed by atoms with E-state index in [1.54, 1.807) is 19.8 Å². The molecule has 0 radical (unpaired) electrons. The van der Waals surface area contributed by atoms with Crippen LogP contribution in [0, 0.1) is 0 Å².